The maximum Gasteiger partial charge on any atom is 0.227 e. The average molecular weight is 324 g/mol. The SMILES string of the molecule is NC1CCC(C(=O)Nc2ccc(-c3ncc4n3CCCC4)cc2)C1. The highest BCUT2D eigenvalue weighted by Gasteiger charge is 2.27. The summed E-state index contributed by atoms with van der Waals surface area (Å²) < 4.78 is 2.32. The zero-order valence-corrected chi connectivity index (χ0v) is 13.9. The molecule has 5 heteroatoms. The highest BCUT2D eigenvalue weighted by Crippen LogP contribution is 2.27. The average Bonchev–Trinajstić information content (AvgIpc) is 3.22. The molecule has 0 bridgehead atoms. The molecular formula is C19H24N4O. The van der Waals surface area contributed by atoms with Crippen LogP contribution in [0.4, 0.5) is 5.69 Å². The topological polar surface area (TPSA) is 72.9 Å². The van der Waals surface area contributed by atoms with E-state index in [0.29, 0.717) is 0 Å². The van der Waals surface area contributed by atoms with Crippen LogP contribution in [-0.4, -0.2) is 21.5 Å². The number of hydrogen-bond donors (Lipinski definition) is 2. The predicted octanol–water partition coefficient (Wildman–Crippen LogP) is 2.95. The third-order valence-electron chi connectivity index (χ3n) is 5.26. The monoisotopic (exact) mass is 324 g/mol. The molecule has 1 aromatic carbocycles. The van der Waals surface area contributed by atoms with Crippen molar-refractivity contribution in [1.82, 2.24) is 9.55 Å². The van der Waals surface area contributed by atoms with Crippen molar-refractivity contribution in [1.29, 1.82) is 0 Å². The van der Waals surface area contributed by atoms with Crippen LogP contribution in [0.1, 0.15) is 37.8 Å². The van der Waals surface area contributed by atoms with Crippen molar-refractivity contribution in [3.63, 3.8) is 0 Å². The van der Waals surface area contributed by atoms with Crippen LogP contribution in [0.25, 0.3) is 11.4 Å². The Morgan fingerprint density at radius 1 is 1.21 bits per heavy atom. The first-order valence-electron chi connectivity index (χ1n) is 8.92. The first-order valence-corrected chi connectivity index (χ1v) is 8.92. The van der Waals surface area contributed by atoms with Crippen molar-refractivity contribution >= 4 is 11.6 Å². The standard InChI is InChI=1S/C19H24N4O/c20-15-7-4-14(11-15)19(24)22-16-8-5-13(6-9-16)18-21-12-17-3-1-2-10-23(17)18/h5-6,8-9,12,14-15H,1-4,7,10-11,20H2,(H,22,24). The number of fused-ring (bicyclic) bond motifs is 1. The fourth-order valence-electron chi connectivity index (χ4n) is 3.87. The van der Waals surface area contributed by atoms with Crippen LogP contribution in [0, 0.1) is 5.92 Å². The molecule has 1 aliphatic carbocycles. The Balaban J connectivity index is 1.47. The summed E-state index contributed by atoms with van der Waals surface area (Å²) in [7, 11) is 0. The molecule has 1 saturated carbocycles. The number of nitrogens with two attached hydrogens (primary N) is 1. The van der Waals surface area contributed by atoms with E-state index in [2.05, 4.69) is 14.9 Å². The smallest absolute Gasteiger partial charge is 0.227 e. The lowest BCUT2D eigenvalue weighted by molar-refractivity contribution is -0.119. The van der Waals surface area contributed by atoms with Gasteiger partial charge in [0.2, 0.25) is 5.91 Å². The molecule has 24 heavy (non-hydrogen) atoms. The van der Waals surface area contributed by atoms with Gasteiger partial charge >= 0.3 is 0 Å². The fourth-order valence-corrected chi connectivity index (χ4v) is 3.87. The minimum Gasteiger partial charge on any atom is -0.328 e. The fraction of sp³-hybridized carbons (Fsp3) is 0.474. The molecule has 2 heterocycles. The van der Waals surface area contributed by atoms with E-state index in [0.717, 1.165) is 49.3 Å². The molecule has 3 N–H and O–H groups in total. The van der Waals surface area contributed by atoms with Gasteiger partial charge in [-0.3, -0.25) is 4.79 Å². The van der Waals surface area contributed by atoms with Crippen molar-refractivity contribution in [3.8, 4) is 11.4 Å². The molecule has 0 spiro atoms. The van der Waals surface area contributed by atoms with Crippen molar-refractivity contribution in [2.24, 2.45) is 11.7 Å². The molecule has 126 valence electrons. The number of aromatic nitrogens is 2. The van der Waals surface area contributed by atoms with Gasteiger partial charge in [0.05, 0.1) is 0 Å². The Hall–Kier alpha value is -2.14. The number of carbonyl (C=O) groups excluding carboxylic acids is 1. The van der Waals surface area contributed by atoms with Gasteiger partial charge in [-0.05, 0) is 62.8 Å². The molecule has 2 atom stereocenters. The van der Waals surface area contributed by atoms with Gasteiger partial charge < -0.3 is 15.6 Å². The number of amides is 1. The van der Waals surface area contributed by atoms with Gasteiger partial charge in [-0.25, -0.2) is 4.98 Å². The van der Waals surface area contributed by atoms with Crippen LogP contribution in [-0.2, 0) is 17.8 Å². The maximum atomic E-state index is 12.3. The van der Waals surface area contributed by atoms with Crippen LogP contribution in [0.2, 0.25) is 0 Å². The first kappa shape index (κ1) is 15.4. The van der Waals surface area contributed by atoms with E-state index in [1.165, 1.54) is 18.5 Å². The summed E-state index contributed by atoms with van der Waals surface area (Å²) in [6, 6.07) is 8.19. The lowest BCUT2D eigenvalue weighted by Crippen LogP contribution is -2.23. The van der Waals surface area contributed by atoms with Crippen LogP contribution >= 0.6 is 0 Å². The largest absolute Gasteiger partial charge is 0.328 e. The van der Waals surface area contributed by atoms with Gasteiger partial charge in [-0.2, -0.15) is 0 Å². The van der Waals surface area contributed by atoms with Gasteiger partial charge in [0, 0.05) is 41.6 Å². The zero-order valence-electron chi connectivity index (χ0n) is 13.9. The molecule has 0 radical (unpaired) electrons. The maximum absolute atomic E-state index is 12.3. The second-order valence-electron chi connectivity index (χ2n) is 7.02. The Labute approximate surface area is 142 Å². The third kappa shape index (κ3) is 2.96. The number of aryl methyl sites for hydroxylation is 1. The third-order valence-corrected chi connectivity index (χ3v) is 5.26. The Bertz CT molecular complexity index is 734. The van der Waals surface area contributed by atoms with Crippen LogP contribution in [0.15, 0.2) is 30.5 Å². The summed E-state index contributed by atoms with van der Waals surface area (Å²) >= 11 is 0. The van der Waals surface area contributed by atoms with Gasteiger partial charge in [0.1, 0.15) is 5.82 Å². The lowest BCUT2D eigenvalue weighted by Gasteiger charge is -2.16. The van der Waals surface area contributed by atoms with E-state index in [4.69, 9.17) is 5.73 Å². The highest BCUT2D eigenvalue weighted by atomic mass is 16.1. The second-order valence-corrected chi connectivity index (χ2v) is 7.02. The molecule has 2 aliphatic rings. The molecular weight excluding hydrogens is 300 g/mol. The molecule has 1 aliphatic heterocycles. The Morgan fingerprint density at radius 3 is 2.79 bits per heavy atom. The number of rotatable bonds is 3. The summed E-state index contributed by atoms with van der Waals surface area (Å²) in [5.74, 6) is 1.18. The van der Waals surface area contributed by atoms with E-state index in [-0.39, 0.29) is 17.9 Å². The number of anilines is 1. The van der Waals surface area contributed by atoms with Gasteiger partial charge in [-0.15, -0.1) is 0 Å². The lowest BCUT2D eigenvalue weighted by atomic mass is 10.1. The number of nitrogens with zero attached hydrogens (tertiary/aromatic N) is 2. The Kier molecular flexibility index (Phi) is 4.10. The predicted molar refractivity (Wildman–Crippen MR) is 94.5 cm³/mol. The highest BCUT2D eigenvalue weighted by molar-refractivity contribution is 5.93. The van der Waals surface area contributed by atoms with Crippen molar-refractivity contribution in [2.75, 3.05) is 5.32 Å². The number of benzene rings is 1. The summed E-state index contributed by atoms with van der Waals surface area (Å²) in [4.78, 5) is 16.9. The van der Waals surface area contributed by atoms with Gasteiger partial charge in [0.15, 0.2) is 0 Å². The number of imidazole rings is 1. The van der Waals surface area contributed by atoms with Gasteiger partial charge in [-0.1, -0.05) is 0 Å². The van der Waals surface area contributed by atoms with E-state index in [1.54, 1.807) is 0 Å². The van der Waals surface area contributed by atoms with Gasteiger partial charge in [0.25, 0.3) is 0 Å². The van der Waals surface area contributed by atoms with E-state index in [1.807, 2.05) is 30.5 Å². The zero-order chi connectivity index (χ0) is 16.5. The normalized spacial score (nSPS) is 23.0. The molecule has 2 aromatic rings. The second kappa shape index (κ2) is 6.40. The van der Waals surface area contributed by atoms with Crippen molar-refractivity contribution < 1.29 is 4.79 Å². The molecule has 5 nitrogen and oxygen atoms in total. The summed E-state index contributed by atoms with van der Waals surface area (Å²) in [6.07, 6.45) is 8.21. The van der Waals surface area contributed by atoms with E-state index >= 15 is 0 Å². The molecule has 1 fully saturated rings. The number of nitrogens with one attached hydrogen (secondary N) is 1. The van der Waals surface area contributed by atoms with Crippen molar-refractivity contribution in [2.45, 2.75) is 51.1 Å². The summed E-state index contributed by atoms with van der Waals surface area (Å²) in [6.45, 7) is 1.05. The molecule has 4 rings (SSSR count). The van der Waals surface area contributed by atoms with E-state index in [9.17, 15) is 4.79 Å². The number of carbonyl (C=O) groups is 1. The molecule has 2 unspecified atom stereocenters. The van der Waals surface area contributed by atoms with Crippen molar-refractivity contribution in [3.05, 3.63) is 36.2 Å². The minimum absolute atomic E-state index is 0.0546. The minimum atomic E-state index is 0.0546. The van der Waals surface area contributed by atoms with E-state index < -0.39 is 0 Å². The summed E-state index contributed by atoms with van der Waals surface area (Å²) in [5, 5.41) is 3.02. The van der Waals surface area contributed by atoms with Crippen LogP contribution in [0.5, 0.6) is 0 Å². The molecule has 1 amide bonds. The number of hydrogen-bond acceptors (Lipinski definition) is 3. The quantitative estimate of drug-likeness (QED) is 0.911. The first-order chi connectivity index (χ1) is 11.7. The molecule has 0 saturated heterocycles. The Morgan fingerprint density at radius 2 is 2.04 bits per heavy atom. The molecule has 1 aromatic heterocycles. The summed E-state index contributed by atoms with van der Waals surface area (Å²) in [5.41, 5.74) is 9.17. The van der Waals surface area contributed by atoms with Crippen LogP contribution < -0.4 is 11.1 Å². The van der Waals surface area contributed by atoms with Crippen LogP contribution in [0.3, 0.4) is 0 Å².